The Morgan fingerprint density at radius 1 is 0.941 bits per heavy atom. The normalized spacial score (nSPS) is 7.47. The first-order valence-electron chi connectivity index (χ1n) is 4.95. The molecule has 17 heavy (non-hydrogen) atoms. The number of halogens is 2. The van der Waals surface area contributed by atoms with Gasteiger partial charge < -0.3 is 15.2 Å². The van der Waals surface area contributed by atoms with Crippen LogP contribution in [0.4, 0.5) is 0 Å². The largest absolute Gasteiger partial charge is 0.388 e. The third-order valence-electron chi connectivity index (χ3n) is 1.28. The zero-order valence-corrected chi connectivity index (χ0v) is 15.3. The predicted molar refractivity (Wildman–Crippen MR) is 93.1 cm³/mol. The Morgan fingerprint density at radius 2 is 1.29 bits per heavy atom. The van der Waals surface area contributed by atoms with Crippen molar-refractivity contribution in [3.63, 3.8) is 0 Å². The van der Waals surface area contributed by atoms with Crippen molar-refractivity contribution in [2.24, 2.45) is 5.73 Å². The molecule has 0 fully saturated rings. The van der Waals surface area contributed by atoms with E-state index in [-0.39, 0.29) is 0 Å². The highest BCUT2D eigenvalue weighted by Crippen LogP contribution is 1.96. The van der Waals surface area contributed by atoms with Gasteiger partial charge in [-0.1, -0.05) is 30.3 Å². The molecule has 0 saturated heterocycles. The molecule has 1 aromatic rings. The van der Waals surface area contributed by atoms with Crippen LogP contribution >= 0.6 is 37.2 Å². The van der Waals surface area contributed by atoms with E-state index in [1.54, 1.807) is 28.4 Å². The maximum atomic E-state index is 5.36. The minimum absolute atomic E-state index is 0.740. The van der Waals surface area contributed by atoms with E-state index in [0.717, 1.165) is 13.0 Å². The minimum Gasteiger partial charge on any atom is -0.388 e. The van der Waals surface area contributed by atoms with E-state index in [1.807, 2.05) is 18.2 Å². The minimum atomic E-state index is 0.740. The van der Waals surface area contributed by atoms with E-state index < -0.39 is 0 Å². The number of hydrogen-bond donors (Lipinski definition) is 1. The molecule has 0 atom stereocenters. The van der Waals surface area contributed by atoms with Crippen molar-refractivity contribution in [1.82, 2.24) is 0 Å². The number of rotatable bonds is 2. The summed E-state index contributed by atoms with van der Waals surface area (Å²) in [5.41, 5.74) is 6.68. The summed E-state index contributed by atoms with van der Waals surface area (Å²) in [7, 11) is 6.50. The van der Waals surface area contributed by atoms with E-state index in [4.69, 9.17) is 5.73 Å². The lowest BCUT2D eigenvalue weighted by Gasteiger charge is -1.93. The number of ether oxygens (including phenoxy) is 2. The molecule has 1 rings (SSSR count). The highest BCUT2D eigenvalue weighted by atomic mass is 128. The summed E-state index contributed by atoms with van der Waals surface area (Å²) in [5.74, 6) is 0. The van der Waals surface area contributed by atoms with E-state index in [9.17, 15) is 0 Å². The lowest BCUT2D eigenvalue weighted by atomic mass is 10.2. The van der Waals surface area contributed by atoms with Crippen LogP contribution in [0.3, 0.4) is 0 Å². The molecule has 0 bridgehead atoms. The Labute approximate surface area is 129 Å². The fourth-order valence-corrected chi connectivity index (χ4v) is 0.811. The first-order chi connectivity index (χ1) is 8.26. The molecule has 1 aromatic carbocycles. The monoisotopic (exact) mass is 467 g/mol. The predicted octanol–water partition coefficient (Wildman–Crippen LogP) is 3.48. The Bertz CT molecular complexity index is 197. The second-order valence-electron chi connectivity index (χ2n) is 2.84. The van der Waals surface area contributed by atoms with Crippen molar-refractivity contribution >= 4 is 37.2 Å². The van der Waals surface area contributed by atoms with Crippen molar-refractivity contribution in [2.75, 3.05) is 35.0 Å². The van der Waals surface area contributed by atoms with E-state index in [2.05, 4.69) is 58.8 Å². The Balaban J connectivity index is -0.000000207. The molecule has 0 saturated carbocycles. The quantitative estimate of drug-likeness (QED) is 0.678. The van der Waals surface area contributed by atoms with Crippen molar-refractivity contribution in [2.45, 2.75) is 6.42 Å². The van der Waals surface area contributed by atoms with Crippen LogP contribution in [-0.4, -0.2) is 35.0 Å². The van der Waals surface area contributed by atoms with Gasteiger partial charge in [0.15, 0.2) is 0 Å². The highest BCUT2D eigenvalue weighted by molar-refractivity contribution is 15.0. The molecule has 5 heteroatoms. The fraction of sp³-hybridized carbons (Fsp3) is 0.500. The maximum absolute atomic E-state index is 5.36. The van der Waals surface area contributed by atoms with E-state index in [1.165, 1.54) is 5.56 Å². The summed E-state index contributed by atoms with van der Waals surface area (Å²) >= 11 is 4.24. The standard InChI is InChI=1S/C8H11N.2C2H6O.I2/c9-7-6-8-4-2-1-3-5-8;2*1-3-2;1-2/h1-5H,6-7,9H2;2*1-2H3;. The van der Waals surface area contributed by atoms with Gasteiger partial charge >= 0.3 is 0 Å². The molecule has 0 spiro atoms. The molecule has 0 radical (unpaired) electrons. The molecule has 102 valence electrons. The number of hydrogen-bond acceptors (Lipinski definition) is 3. The highest BCUT2D eigenvalue weighted by Gasteiger charge is 1.84. The summed E-state index contributed by atoms with van der Waals surface area (Å²) in [5, 5.41) is 0. The SMILES string of the molecule is COC.COC.II.NCCc1ccccc1. The van der Waals surface area contributed by atoms with Gasteiger partial charge in [0.25, 0.3) is 0 Å². The molecule has 0 aliphatic heterocycles. The molecule has 0 aliphatic rings. The first kappa shape index (κ1) is 22.7. The van der Waals surface area contributed by atoms with Crippen LogP contribution in [0.15, 0.2) is 30.3 Å². The molecule has 0 aromatic heterocycles. The van der Waals surface area contributed by atoms with Crippen molar-refractivity contribution in [3.8, 4) is 0 Å². The van der Waals surface area contributed by atoms with E-state index in [0.29, 0.717) is 0 Å². The lowest BCUT2D eigenvalue weighted by molar-refractivity contribution is 0.277. The van der Waals surface area contributed by atoms with Crippen molar-refractivity contribution in [1.29, 1.82) is 0 Å². The van der Waals surface area contributed by atoms with Gasteiger partial charge in [0.1, 0.15) is 0 Å². The maximum Gasteiger partial charge on any atom is 0.0351 e. The van der Waals surface area contributed by atoms with Crippen LogP contribution in [0.2, 0.25) is 0 Å². The third kappa shape index (κ3) is 26.3. The van der Waals surface area contributed by atoms with Crippen LogP contribution in [0.1, 0.15) is 5.56 Å². The van der Waals surface area contributed by atoms with Crippen LogP contribution in [0, 0.1) is 0 Å². The third-order valence-corrected chi connectivity index (χ3v) is 1.28. The molecular weight excluding hydrogens is 444 g/mol. The van der Waals surface area contributed by atoms with Crippen LogP contribution < -0.4 is 5.73 Å². The summed E-state index contributed by atoms with van der Waals surface area (Å²) in [4.78, 5) is 0. The number of benzene rings is 1. The number of nitrogens with two attached hydrogens (primary N) is 1. The summed E-state index contributed by atoms with van der Waals surface area (Å²) in [6.07, 6.45) is 0.987. The van der Waals surface area contributed by atoms with Gasteiger partial charge in [-0.05, 0) is 18.5 Å². The lowest BCUT2D eigenvalue weighted by Crippen LogP contribution is -2.01. The smallest absolute Gasteiger partial charge is 0.0351 e. The first-order valence-corrected chi connectivity index (χ1v) is 11.2. The molecular formula is C12H23I2NO2. The van der Waals surface area contributed by atoms with Gasteiger partial charge in [0.05, 0.1) is 0 Å². The van der Waals surface area contributed by atoms with Crippen molar-refractivity contribution < 1.29 is 9.47 Å². The summed E-state index contributed by atoms with van der Waals surface area (Å²) in [6.45, 7) is 0.740. The van der Waals surface area contributed by atoms with Gasteiger partial charge in [-0.15, -0.1) is 0 Å². The van der Waals surface area contributed by atoms with Gasteiger partial charge in [0.2, 0.25) is 0 Å². The topological polar surface area (TPSA) is 44.5 Å². The van der Waals surface area contributed by atoms with Crippen LogP contribution in [0.5, 0.6) is 0 Å². The van der Waals surface area contributed by atoms with Gasteiger partial charge in [-0.2, -0.15) is 0 Å². The Kier molecular flexibility index (Phi) is 34.0. The van der Waals surface area contributed by atoms with Crippen LogP contribution in [0.25, 0.3) is 0 Å². The van der Waals surface area contributed by atoms with Crippen LogP contribution in [-0.2, 0) is 15.9 Å². The number of methoxy groups -OCH3 is 2. The summed E-state index contributed by atoms with van der Waals surface area (Å²) in [6, 6.07) is 10.3. The average molecular weight is 467 g/mol. The molecule has 0 amide bonds. The Morgan fingerprint density at radius 3 is 1.59 bits per heavy atom. The molecule has 0 heterocycles. The van der Waals surface area contributed by atoms with Crippen molar-refractivity contribution in [3.05, 3.63) is 35.9 Å². The second kappa shape index (κ2) is 25.4. The molecule has 3 nitrogen and oxygen atoms in total. The second-order valence-corrected chi connectivity index (χ2v) is 2.84. The molecule has 2 N–H and O–H groups in total. The van der Waals surface area contributed by atoms with Gasteiger partial charge in [-0.25, -0.2) is 0 Å². The zero-order chi connectivity index (χ0) is 13.9. The van der Waals surface area contributed by atoms with Gasteiger partial charge in [-0.3, -0.25) is 0 Å². The average Bonchev–Trinajstić information content (AvgIpc) is 2.35. The Hall–Kier alpha value is 0.560. The fourth-order valence-electron chi connectivity index (χ4n) is 0.811. The molecule has 0 aliphatic carbocycles. The molecule has 0 unspecified atom stereocenters. The van der Waals surface area contributed by atoms with E-state index >= 15 is 0 Å². The zero-order valence-electron chi connectivity index (χ0n) is 11.0. The summed E-state index contributed by atoms with van der Waals surface area (Å²) < 4.78 is 8.50. The van der Waals surface area contributed by atoms with Gasteiger partial charge in [0, 0.05) is 65.7 Å².